The molecule has 2 N–H and O–H groups in total. The van der Waals surface area contributed by atoms with Crippen molar-refractivity contribution in [3.05, 3.63) is 34.9 Å². The number of carbonyl (C=O) groups excluding carboxylic acids is 3. The van der Waals surface area contributed by atoms with E-state index in [2.05, 4.69) is 31.4 Å². The van der Waals surface area contributed by atoms with Gasteiger partial charge < -0.3 is 10.6 Å². The minimum atomic E-state index is -0.883. The van der Waals surface area contributed by atoms with E-state index in [4.69, 9.17) is 11.6 Å². The Labute approximate surface area is 164 Å². The van der Waals surface area contributed by atoms with Crippen molar-refractivity contribution in [2.75, 3.05) is 6.54 Å². The summed E-state index contributed by atoms with van der Waals surface area (Å²) in [6.45, 7) is 6.34. The van der Waals surface area contributed by atoms with Gasteiger partial charge in [0.15, 0.2) is 0 Å². The molecule has 6 nitrogen and oxygen atoms in total. The molecule has 1 aromatic rings. The summed E-state index contributed by atoms with van der Waals surface area (Å²) >= 11 is 5.93. The average molecular weight is 392 g/mol. The van der Waals surface area contributed by atoms with Crippen LogP contribution in [0.5, 0.6) is 0 Å². The van der Waals surface area contributed by atoms with E-state index in [-0.39, 0.29) is 30.3 Å². The summed E-state index contributed by atoms with van der Waals surface area (Å²) in [5.41, 5.74) is -0.0657. The van der Waals surface area contributed by atoms with E-state index in [0.29, 0.717) is 23.8 Å². The van der Waals surface area contributed by atoms with Crippen molar-refractivity contribution in [1.29, 1.82) is 0 Å². The molecule has 7 heteroatoms. The molecule has 4 amide bonds. The first-order valence-corrected chi connectivity index (χ1v) is 9.63. The zero-order valence-electron chi connectivity index (χ0n) is 16.0. The van der Waals surface area contributed by atoms with E-state index in [1.54, 1.807) is 18.2 Å². The van der Waals surface area contributed by atoms with Gasteiger partial charge in [-0.15, -0.1) is 0 Å². The van der Waals surface area contributed by atoms with Crippen LogP contribution in [0.4, 0.5) is 4.79 Å². The third kappa shape index (κ3) is 4.26. The summed E-state index contributed by atoms with van der Waals surface area (Å²) in [5, 5.41) is 6.21. The van der Waals surface area contributed by atoms with Crippen molar-refractivity contribution in [3.8, 4) is 0 Å². The highest BCUT2D eigenvalue weighted by Crippen LogP contribution is 2.46. The smallest absolute Gasteiger partial charge is 0.325 e. The van der Waals surface area contributed by atoms with Crippen LogP contribution in [-0.2, 0) is 16.1 Å². The van der Waals surface area contributed by atoms with Gasteiger partial charge in [0.25, 0.3) is 5.91 Å². The Morgan fingerprint density at radius 3 is 2.74 bits per heavy atom. The standard InChI is InChI=1S/C20H26ClN3O3/c1-13-8-19(2,3)12-20(9-13)17(26)24(18(27)23-20)11-16(25)22-10-14-5-4-6-15(21)7-14/h4-7,13H,8-12H2,1-3H3,(H,22,25)(H,23,27)/t13-,20+/m1/s1. The van der Waals surface area contributed by atoms with E-state index < -0.39 is 11.6 Å². The second-order valence-electron chi connectivity index (χ2n) is 8.66. The molecular weight excluding hydrogens is 366 g/mol. The van der Waals surface area contributed by atoms with Gasteiger partial charge in [0.05, 0.1) is 0 Å². The zero-order chi connectivity index (χ0) is 19.8. The molecule has 1 aliphatic heterocycles. The molecule has 1 aliphatic carbocycles. The lowest BCUT2D eigenvalue weighted by Crippen LogP contribution is -2.54. The number of benzene rings is 1. The first-order chi connectivity index (χ1) is 12.6. The predicted molar refractivity (Wildman–Crippen MR) is 103 cm³/mol. The number of hydrogen-bond acceptors (Lipinski definition) is 3. The van der Waals surface area contributed by atoms with Crippen molar-refractivity contribution in [2.45, 2.75) is 52.1 Å². The van der Waals surface area contributed by atoms with Gasteiger partial charge in [-0.2, -0.15) is 0 Å². The highest BCUT2D eigenvalue weighted by atomic mass is 35.5. The molecule has 2 fully saturated rings. The van der Waals surface area contributed by atoms with Crippen molar-refractivity contribution in [1.82, 2.24) is 15.5 Å². The Kier molecular flexibility index (Phi) is 5.21. The minimum Gasteiger partial charge on any atom is -0.350 e. The van der Waals surface area contributed by atoms with Crippen LogP contribution < -0.4 is 10.6 Å². The maximum atomic E-state index is 13.0. The second kappa shape index (κ2) is 7.15. The molecular formula is C20H26ClN3O3. The van der Waals surface area contributed by atoms with Crippen LogP contribution >= 0.6 is 11.6 Å². The molecule has 27 heavy (non-hydrogen) atoms. The molecule has 3 rings (SSSR count). The van der Waals surface area contributed by atoms with Crippen LogP contribution in [0, 0.1) is 11.3 Å². The Morgan fingerprint density at radius 2 is 2.07 bits per heavy atom. The molecule has 0 unspecified atom stereocenters. The normalized spacial score (nSPS) is 27.0. The van der Waals surface area contributed by atoms with Gasteiger partial charge in [-0.1, -0.05) is 44.5 Å². The third-order valence-corrected chi connectivity index (χ3v) is 5.54. The molecule has 0 aromatic heterocycles. The maximum Gasteiger partial charge on any atom is 0.325 e. The highest BCUT2D eigenvalue weighted by molar-refractivity contribution is 6.30. The number of nitrogens with one attached hydrogen (secondary N) is 2. The fourth-order valence-electron chi connectivity index (χ4n) is 4.70. The van der Waals surface area contributed by atoms with Gasteiger partial charge in [0.2, 0.25) is 5.91 Å². The number of rotatable bonds is 4. The number of carbonyl (C=O) groups is 3. The summed E-state index contributed by atoms with van der Waals surface area (Å²) in [5.74, 6) is -0.335. The lowest BCUT2D eigenvalue weighted by molar-refractivity contribution is -0.137. The van der Waals surface area contributed by atoms with Crippen molar-refractivity contribution in [2.24, 2.45) is 11.3 Å². The van der Waals surface area contributed by atoms with Crippen LogP contribution in [0.15, 0.2) is 24.3 Å². The second-order valence-corrected chi connectivity index (χ2v) is 9.10. The predicted octanol–water partition coefficient (Wildman–Crippen LogP) is 3.09. The summed E-state index contributed by atoms with van der Waals surface area (Å²) in [7, 11) is 0. The van der Waals surface area contributed by atoms with Crippen LogP contribution in [0.1, 0.15) is 45.6 Å². The Balaban J connectivity index is 1.64. The maximum absolute atomic E-state index is 13.0. The van der Waals surface area contributed by atoms with Crippen LogP contribution in [0.25, 0.3) is 0 Å². The molecule has 0 bridgehead atoms. The van der Waals surface area contributed by atoms with E-state index >= 15 is 0 Å². The van der Waals surface area contributed by atoms with E-state index in [0.717, 1.165) is 16.9 Å². The summed E-state index contributed by atoms with van der Waals surface area (Å²) in [4.78, 5) is 38.8. The molecule has 1 heterocycles. The van der Waals surface area contributed by atoms with Crippen LogP contribution in [0.2, 0.25) is 5.02 Å². The molecule has 2 atom stereocenters. The number of imide groups is 1. The fourth-order valence-corrected chi connectivity index (χ4v) is 4.91. The summed E-state index contributed by atoms with van der Waals surface area (Å²) < 4.78 is 0. The Morgan fingerprint density at radius 1 is 1.33 bits per heavy atom. The van der Waals surface area contributed by atoms with Gasteiger partial charge in [-0.05, 0) is 48.3 Å². The third-order valence-electron chi connectivity index (χ3n) is 5.30. The van der Waals surface area contributed by atoms with Crippen molar-refractivity contribution >= 4 is 29.4 Å². The molecule has 146 valence electrons. The van der Waals surface area contributed by atoms with E-state index in [9.17, 15) is 14.4 Å². The number of amides is 4. The SMILES string of the molecule is C[C@@H]1CC(C)(C)C[C@]2(C1)NC(=O)N(CC(=O)NCc1cccc(Cl)c1)C2=O. The number of halogens is 1. The quantitative estimate of drug-likeness (QED) is 0.774. The van der Waals surface area contributed by atoms with Gasteiger partial charge in [0.1, 0.15) is 12.1 Å². The topological polar surface area (TPSA) is 78.5 Å². The molecule has 2 aliphatic rings. The molecule has 1 aromatic carbocycles. The number of hydrogen-bond donors (Lipinski definition) is 2. The zero-order valence-corrected chi connectivity index (χ0v) is 16.7. The molecule has 0 radical (unpaired) electrons. The molecule has 1 saturated carbocycles. The lowest BCUT2D eigenvalue weighted by Gasteiger charge is -2.43. The highest BCUT2D eigenvalue weighted by Gasteiger charge is 2.56. The van der Waals surface area contributed by atoms with Gasteiger partial charge >= 0.3 is 6.03 Å². The Bertz CT molecular complexity index is 779. The summed E-state index contributed by atoms with van der Waals surface area (Å²) in [6.07, 6.45) is 2.22. The number of urea groups is 1. The van der Waals surface area contributed by atoms with Gasteiger partial charge in [-0.3, -0.25) is 14.5 Å². The monoisotopic (exact) mass is 391 g/mol. The van der Waals surface area contributed by atoms with Gasteiger partial charge in [-0.25, -0.2) is 4.79 Å². The van der Waals surface area contributed by atoms with Crippen LogP contribution in [-0.4, -0.2) is 34.8 Å². The summed E-state index contributed by atoms with van der Waals surface area (Å²) in [6, 6.07) is 6.68. The lowest BCUT2D eigenvalue weighted by atomic mass is 9.64. The van der Waals surface area contributed by atoms with E-state index in [1.165, 1.54) is 0 Å². The molecule has 1 spiro atoms. The van der Waals surface area contributed by atoms with Gasteiger partial charge in [0, 0.05) is 11.6 Å². The molecule has 1 saturated heterocycles. The minimum absolute atomic E-state index is 0.0363. The largest absolute Gasteiger partial charge is 0.350 e. The number of nitrogens with zero attached hydrogens (tertiary/aromatic N) is 1. The fraction of sp³-hybridized carbons (Fsp3) is 0.550. The van der Waals surface area contributed by atoms with Crippen molar-refractivity contribution < 1.29 is 14.4 Å². The average Bonchev–Trinajstić information content (AvgIpc) is 2.74. The van der Waals surface area contributed by atoms with Crippen LogP contribution in [0.3, 0.4) is 0 Å². The first kappa shape index (κ1) is 19.7. The first-order valence-electron chi connectivity index (χ1n) is 9.25. The van der Waals surface area contributed by atoms with Crippen molar-refractivity contribution in [3.63, 3.8) is 0 Å². The van der Waals surface area contributed by atoms with E-state index in [1.807, 2.05) is 6.07 Å². The Hall–Kier alpha value is -2.08.